The quantitative estimate of drug-likeness (QED) is 0.789. The van der Waals surface area contributed by atoms with Gasteiger partial charge in [-0.3, -0.25) is 4.79 Å². The summed E-state index contributed by atoms with van der Waals surface area (Å²) in [4.78, 5) is 12.1. The number of rotatable bonds is 2. The average Bonchev–Trinajstić information content (AvgIpc) is 2.39. The second-order valence-corrected chi connectivity index (χ2v) is 6.32. The van der Waals surface area contributed by atoms with Gasteiger partial charge in [0.2, 0.25) is 0 Å². The van der Waals surface area contributed by atoms with Crippen LogP contribution in [0.2, 0.25) is 0 Å². The predicted octanol–water partition coefficient (Wildman–Crippen LogP) is 0.153. The fraction of sp³-hybridized carbons (Fsp3) is 0.500. The second-order valence-electron chi connectivity index (χ2n) is 4.94. The lowest BCUT2D eigenvalue weighted by Crippen LogP contribution is -3.13. The Morgan fingerprint density at radius 2 is 1.85 bits per heavy atom. The van der Waals surface area contributed by atoms with Crippen molar-refractivity contribution < 1.29 is 22.7 Å². The number of Topliss-reactive ketones (excluding diaryl/α,β-unsaturated/α-hetero) is 1. The zero-order valence-electron chi connectivity index (χ0n) is 11.9. The van der Waals surface area contributed by atoms with Crippen LogP contribution < -0.4 is 4.90 Å². The second kappa shape index (κ2) is 7.52. The number of quaternary nitrogens is 1. The van der Waals surface area contributed by atoms with Crippen molar-refractivity contribution in [3.8, 4) is 0 Å². The third-order valence-corrected chi connectivity index (χ3v) is 4.09. The van der Waals surface area contributed by atoms with E-state index in [-0.39, 0.29) is 4.90 Å². The van der Waals surface area contributed by atoms with Gasteiger partial charge in [0.05, 0.1) is 18.0 Å². The van der Waals surface area contributed by atoms with Crippen LogP contribution in [0, 0.1) is 6.92 Å². The fourth-order valence-electron chi connectivity index (χ4n) is 2.00. The molecule has 2 rings (SSSR count). The van der Waals surface area contributed by atoms with Gasteiger partial charge in [0, 0.05) is 12.8 Å². The SMILES string of the molecule is CC[NH+]1CCCC(=O)C1.Cc1ccc(S(=O)(=O)[O-])cc1. The predicted molar refractivity (Wildman–Crippen MR) is 74.6 cm³/mol. The summed E-state index contributed by atoms with van der Waals surface area (Å²) in [5, 5.41) is 0. The Balaban J connectivity index is 0.000000204. The van der Waals surface area contributed by atoms with Gasteiger partial charge in [-0.25, -0.2) is 8.42 Å². The average molecular weight is 299 g/mol. The molecule has 1 unspecified atom stereocenters. The van der Waals surface area contributed by atoms with E-state index in [1.165, 1.54) is 23.6 Å². The molecule has 1 fully saturated rings. The van der Waals surface area contributed by atoms with Gasteiger partial charge >= 0.3 is 0 Å². The molecule has 1 aliphatic heterocycles. The van der Waals surface area contributed by atoms with Gasteiger partial charge in [-0.05, 0) is 26.0 Å². The van der Waals surface area contributed by atoms with Gasteiger partial charge in [-0.2, -0.15) is 0 Å². The van der Waals surface area contributed by atoms with Crippen LogP contribution in [0.1, 0.15) is 25.3 Å². The number of nitrogens with one attached hydrogen (secondary N) is 1. The molecular formula is C14H21NO4S. The first-order valence-corrected chi connectivity index (χ1v) is 8.11. The molecule has 5 nitrogen and oxygen atoms in total. The maximum Gasteiger partial charge on any atom is 0.187 e. The molecule has 20 heavy (non-hydrogen) atoms. The maximum atomic E-state index is 10.8. The Kier molecular flexibility index (Phi) is 6.32. The van der Waals surface area contributed by atoms with E-state index < -0.39 is 10.1 Å². The van der Waals surface area contributed by atoms with Crippen molar-refractivity contribution in [1.29, 1.82) is 0 Å². The summed E-state index contributed by atoms with van der Waals surface area (Å²) in [5.41, 5.74) is 0.928. The van der Waals surface area contributed by atoms with E-state index >= 15 is 0 Å². The van der Waals surface area contributed by atoms with Crippen molar-refractivity contribution in [2.45, 2.75) is 31.6 Å². The molecule has 0 spiro atoms. The molecule has 1 atom stereocenters. The molecule has 0 amide bonds. The van der Waals surface area contributed by atoms with Gasteiger partial charge in [0.25, 0.3) is 0 Å². The number of likely N-dealkylation sites (tertiary alicyclic amines) is 1. The molecule has 112 valence electrons. The topological polar surface area (TPSA) is 78.7 Å². The number of piperidine rings is 1. The molecule has 0 bridgehead atoms. The van der Waals surface area contributed by atoms with Gasteiger partial charge in [-0.15, -0.1) is 0 Å². The summed E-state index contributed by atoms with van der Waals surface area (Å²) in [6, 6.07) is 5.78. The number of benzene rings is 1. The van der Waals surface area contributed by atoms with Crippen molar-refractivity contribution in [3.05, 3.63) is 29.8 Å². The van der Waals surface area contributed by atoms with Gasteiger partial charge in [0.15, 0.2) is 5.78 Å². The van der Waals surface area contributed by atoms with Crippen molar-refractivity contribution in [3.63, 3.8) is 0 Å². The molecule has 1 saturated heterocycles. The largest absolute Gasteiger partial charge is 0.744 e. The zero-order chi connectivity index (χ0) is 15.2. The third-order valence-electron chi connectivity index (χ3n) is 3.24. The first-order valence-electron chi connectivity index (χ1n) is 6.70. The minimum Gasteiger partial charge on any atom is -0.744 e. The minimum atomic E-state index is -4.27. The minimum absolute atomic E-state index is 0.178. The van der Waals surface area contributed by atoms with E-state index in [1.54, 1.807) is 12.1 Å². The number of carbonyl (C=O) groups excluding carboxylic acids is 1. The molecule has 6 heteroatoms. The number of aryl methyl sites for hydroxylation is 1. The Labute approximate surface area is 120 Å². The van der Waals surface area contributed by atoms with Gasteiger partial charge in [0.1, 0.15) is 16.7 Å². The van der Waals surface area contributed by atoms with Crippen LogP contribution in [0.15, 0.2) is 29.2 Å². The smallest absolute Gasteiger partial charge is 0.187 e. The molecule has 1 aromatic carbocycles. The maximum absolute atomic E-state index is 10.8. The van der Waals surface area contributed by atoms with Crippen LogP contribution in [0.3, 0.4) is 0 Å². The van der Waals surface area contributed by atoms with Gasteiger partial charge < -0.3 is 9.45 Å². The summed E-state index contributed by atoms with van der Waals surface area (Å²) in [6.45, 7) is 7.03. The summed E-state index contributed by atoms with van der Waals surface area (Å²) in [7, 11) is -4.27. The van der Waals surface area contributed by atoms with E-state index in [2.05, 4.69) is 6.92 Å². The highest BCUT2D eigenvalue weighted by molar-refractivity contribution is 7.85. The molecule has 1 aliphatic rings. The molecular weight excluding hydrogens is 278 g/mol. The highest BCUT2D eigenvalue weighted by Crippen LogP contribution is 2.08. The molecule has 1 heterocycles. The van der Waals surface area contributed by atoms with E-state index in [0.29, 0.717) is 5.78 Å². The highest BCUT2D eigenvalue weighted by atomic mass is 32.2. The van der Waals surface area contributed by atoms with Crippen molar-refractivity contribution >= 4 is 15.9 Å². The molecule has 1 aromatic rings. The summed E-state index contributed by atoms with van der Waals surface area (Å²) >= 11 is 0. The number of hydrogen-bond acceptors (Lipinski definition) is 4. The normalized spacial score (nSPS) is 19.1. The van der Waals surface area contributed by atoms with Crippen LogP contribution in [0.5, 0.6) is 0 Å². The van der Waals surface area contributed by atoms with E-state index in [1.807, 2.05) is 6.92 Å². The third kappa shape index (κ3) is 5.81. The molecule has 0 radical (unpaired) electrons. The molecule has 0 aliphatic carbocycles. The summed E-state index contributed by atoms with van der Waals surface area (Å²) < 4.78 is 31.2. The highest BCUT2D eigenvalue weighted by Gasteiger charge is 2.17. The van der Waals surface area contributed by atoms with E-state index in [9.17, 15) is 17.8 Å². The van der Waals surface area contributed by atoms with Crippen LogP contribution in [0.4, 0.5) is 0 Å². The Morgan fingerprint density at radius 3 is 2.25 bits per heavy atom. The first kappa shape index (κ1) is 16.8. The number of carbonyl (C=O) groups is 1. The van der Waals surface area contributed by atoms with Crippen molar-refractivity contribution in [1.82, 2.24) is 0 Å². The van der Waals surface area contributed by atoms with Crippen LogP contribution in [-0.2, 0) is 14.9 Å². The van der Waals surface area contributed by atoms with E-state index in [0.717, 1.165) is 31.5 Å². The monoisotopic (exact) mass is 299 g/mol. The number of ketones is 1. The lowest BCUT2D eigenvalue weighted by molar-refractivity contribution is -0.892. The summed E-state index contributed by atoms with van der Waals surface area (Å²) in [5.74, 6) is 0.443. The molecule has 0 saturated carbocycles. The fourth-order valence-corrected chi connectivity index (χ4v) is 2.47. The van der Waals surface area contributed by atoms with Crippen LogP contribution >= 0.6 is 0 Å². The molecule has 0 aromatic heterocycles. The standard InChI is InChI=1S/C7H13NO.C7H8O3S/c1-2-8-5-3-4-7(9)6-8;1-6-2-4-7(5-3-6)11(8,9)10/h2-6H2,1H3;2-5H,1H3,(H,8,9,10). The lowest BCUT2D eigenvalue weighted by atomic mass is 10.1. The van der Waals surface area contributed by atoms with Crippen molar-refractivity contribution in [2.75, 3.05) is 19.6 Å². The summed E-state index contributed by atoms with van der Waals surface area (Å²) in [6.07, 6.45) is 1.92. The number of likely N-dealkylation sites (N-methyl/N-ethyl adjacent to an activating group) is 1. The van der Waals surface area contributed by atoms with Crippen LogP contribution in [0.25, 0.3) is 0 Å². The Bertz CT molecular complexity index is 537. The Morgan fingerprint density at radius 1 is 1.25 bits per heavy atom. The molecule has 1 N–H and O–H groups in total. The first-order chi connectivity index (χ1) is 9.32. The number of hydrogen-bond donors (Lipinski definition) is 1. The van der Waals surface area contributed by atoms with Crippen molar-refractivity contribution in [2.24, 2.45) is 0 Å². The lowest BCUT2D eigenvalue weighted by Gasteiger charge is -2.20. The van der Waals surface area contributed by atoms with Crippen LogP contribution in [-0.4, -0.2) is 38.4 Å². The Hall–Kier alpha value is -1.24. The zero-order valence-corrected chi connectivity index (χ0v) is 12.7. The van der Waals surface area contributed by atoms with Gasteiger partial charge in [-0.1, -0.05) is 17.7 Å². The van der Waals surface area contributed by atoms with E-state index in [4.69, 9.17) is 0 Å².